The van der Waals surface area contributed by atoms with Gasteiger partial charge in [0.1, 0.15) is 5.75 Å². The van der Waals surface area contributed by atoms with Gasteiger partial charge >= 0.3 is 0 Å². The number of carbonyl (C=O) groups is 2. The molecule has 2 aromatic rings. The Morgan fingerprint density at radius 3 is 2.57 bits per heavy atom. The van der Waals surface area contributed by atoms with Gasteiger partial charge in [0.25, 0.3) is 0 Å². The fraction of sp³-hybridized carbons (Fsp3) is 0.250. The third kappa shape index (κ3) is 5.23. The number of hydrogen-bond acceptors (Lipinski definition) is 6. The second-order valence-corrected chi connectivity index (χ2v) is 6.20. The van der Waals surface area contributed by atoms with Crippen molar-refractivity contribution in [1.82, 2.24) is 5.43 Å². The molecule has 0 aromatic heterocycles. The molecule has 0 radical (unpaired) electrons. The molecule has 3 rings (SSSR count). The van der Waals surface area contributed by atoms with Crippen molar-refractivity contribution in [3.8, 4) is 17.2 Å². The molecule has 0 aliphatic carbocycles. The van der Waals surface area contributed by atoms with Crippen LogP contribution in [0.5, 0.6) is 17.2 Å². The van der Waals surface area contributed by atoms with Crippen molar-refractivity contribution in [2.45, 2.75) is 19.8 Å². The lowest BCUT2D eigenvalue weighted by Gasteiger charge is -2.07. The summed E-state index contributed by atoms with van der Waals surface area (Å²) in [6.45, 7) is 1.85. The molecular weight excluding hydrogens is 362 g/mol. The van der Waals surface area contributed by atoms with E-state index in [0.29, 0.717) is 22.9 Å². The van der Waals surface area contributed by atoms with Crippen LogP contribution in [0.15, 0.2) is 47.6 Å². The molecule has 146 valence electrons. The summed E-state index contributed by atoms with van der Waals surface area (Å²) in [6.07, 6.45) is 0.238. The number of rotatable bonds is 7. The zero-order valence-electron chi connectivity index (χ0n) is 15.7. The summed E-state index contributed by atoms with van der Waals surface area (Å²) in [5.74, 6) is 1.46. The minimum absolute atomic E-state index is 0.0528. The molecule has 8 heteroatoms. The zero-order chi connectivity index (χ0) is 19.9. The number of hydrogen-bond donors (Lipinski definition) is 2. The monoisotopic (exact) mass is 383 g/mol. The second kappa shape index (κ2) is 8.90. The highest BCUT2D eigenvalue weighted by Gasteiger charge is 2.14. The van der Waals surface area contributed by atoms with Crippen molar-refractivity contribution < 1.29 is 23.8 Å². The smallest absolute Gasteiger partial charge is 0.244 e. The van der Waals surface area contributed by atoms with Gasteiger partial charge in [-0.2, -0.15) is 5.10 Å². The normalized spacial score (nSPS) is 12.4. The van der Waals surface area contributed by atoms with Gasteiger partial charge in [0, 0.05) is 17.5 Å². The van der Waals surface area contributed by atoms with E-state index in [2.05, 4.69) is 15.8 Å². The predicted molar refractivity (Wildman–Crippen MR) is 104 cm³/mol. The minimum Gasteiger partial charge on any atom is -0.497 e. The lowest BCUT2D eigenvalue weighted by atomic mass is 10.1. The maximum Gasteiger partial charge on any atom is 0.244 e. The fourth-order valence-electron chi connectivity index (χ4n) is 2.58. The summed E-state index contributed by atoms with van der Waals surface area (Å²) in [6, 6.07) is 12.4. The Kier molecular flexibility index (Phi) is 6.11. The van der Waals surface area contributed by atoms with Gasteiger partial charge in [0.2, 0.25) is 18.6 Å². The minimum atomic E-state index is -0.263. The molecule has 2 amide bonds. The fourth-order valence-corrected chi connectivity index (χ4v) is 2.58. The van der Waals surface area contributed by atoms with E-state index in [9.17, 15) is 9.59 Å². The molecule has 0 unspecified atom stereocenters. The van der Waals surface area contributed by atoms with Gasteiger partial charge in [0.15, 0.2) is 11.5 Å². The summed E-state index contributed by atoms with van der Waals surface area (Å²) >= 11 is 0. The summed E-state index contributed by atoms with van der Waals surface area (Å²) in [5.41, 5.74) is 4.39. The Labute approximate surface area is 162 Å². The van der Waals surface area contributed by atoms with E-state index in [1.807, 2.05) is 12.1 Å². The van der Waals surface area contributed by atoms with Gasteiger partial charge in [-0.1, -0.05) is 12.1 Å². The van der Waals surface area contributed by atoms with Crippen molar-refractivity contribution in [2.75, 3.05) is 19.2 Å². The molecule has 2 aromatic carbocycles. The number of fused-ring (bicyclic) bond motifs is 1. The largest absolute Gasteiger partial charge is 0.497 e. The molecule has 0 fully saturated rings. The van der Waals surface area contributed by atoms with Crippen molar-refractivity contribution >= 4 is 23.2 Å². The lowest BCUT2D eigenvalue weighted by molar-refractivity contribution is -0.120. The van der Waals surface area contributed by atoms with Crippen LogP contribution < -0.4 is 25.0 Å². The number of carbonyl (C=O) groups excluding carboxylic acids is 2. The SMILES string of the molecule is COc1ccc(CC(=O)N/N=C(\C)CC(=O)Nc2ccc3c(c2)OCO3)cc1. The maximum atomic E-state index is 12.1. The molecule has 1 aliphatic heterocycles. The highest BCUT2D eigenvalue weighted by molar-refractivity contribution is 6.05. The predicted octanol–water partition coefficient (Wildman–Crippen LogP) is 2.49. The summed E-state index contributed by atoms with van der Waals surface area (Å²) in [5, 5.41) is 6.74. The van der Waals surface area contributed by atoms with E-state index in [4.69, 9.17) is 14.2 Å². The average Bonchev–Trinajstić information content (AvgIpc) is 3.15. The maximum absolute atomic E-state index is 12.1. The van der Waals surface area contributed by atoms with Crippen molar-refractivity contribution in [1.29, 1.82) is 0 Å². The first-order valence-electron chi connectivity index (χ1n) is 8.68. The topological polar surface area (TPSA) is 98.2 Å². The molecule has 0 saturated carbocycles. The van der Waals surface area contributed by atoms with Crippen molar-refractivity contribution in [3.05, 3.63) is 48.0 Å². The molecule has 8 nitrogen and oxygen atoms in total. The Hall–Kier alpha value is -3.55. The molecule has 0 saturated heterocycles. The van der Waals surface area contributed by atoms with Crippen LogP contribution in [-0.2, 0) is 16.0 Å². The van der Waals surface area contributed by atoms with E-state index in [1.165, 1.54) is 0 Å². The van der Waals surface area contributed by atoms with E-state index in [0.717, 1.165) is 11.3 Å². The lowest BCUT2D eigenvalue weighted by Crippen LogP contribution is -2.22. The van der Waals surface area contributed by atoms with Gasteiger partial charge in [-0.3, -0.25) is 9.59 Å². The quantitative estimate of drug-likeness (QED) is 0.565. The van der Waals surface area contributed by atoms with E-state index in [1.54, 1.807) is 44.4 Å². The number of amides is 2. The number of nitrogens with zero attached hydrogens (tertiary/aromatic N) is 1. The Balaban J connectivity index is 1.46. The number of ether oxygens (including phenoxy) is 3. The molecule has 1 aliphatic rings. The second-order valence-electron chi connectivity index (χ2n) is 6.20. The van der Waals surface area contributed by atoms with Crippen LogP contribution >= 0.6 is 0 Å². The number of nitrogens with one attached hydrogen (secondary N) is 2. The number of methoxy groups -OCH3 is 1. The summed E-state index contributed by atoms with van der Waals surface area (Å²) in [7, 11) is 1.59. The molecule has 28 heavy (non-hydrogen) atoms. The molecule has 0 bridgehead atoms. The number of anilines is 1. The van der Waals surface area contributed by atoms with Crippen LogP contribution in [0.2, 0.25) is 0 Å². The summed E-state index contributed by atoms with van der Waals surface area (Å²) < 4.78 is 15.6. The number of benzene rings is 2. The van der Waals surface area contributed by atoms with Gasteiger partial charge in [0.05, 0.1) is 20.0 Å². The van der Waals surface area contributed by atoms with Crippen molar-refractivity contribution in [2.24, 2.45) is 5.10 Å². The first kappa shape index (κ1) is 19.2. The Bertz CT molecular complexity index is 893. The third-order valence-corrected chi connectivity index (χ3v) is 3.97. The summed E-state index contributed by atoms with van der Waals surface area (Å²) in [4.78, 5) is 24.1. The third-order valence-electron chi connectivity index (χ3n) is 3.97. The molecule has 0 spiro atoms. The van der Waals surface area contributed by atoms with Gasteiger partial charge in [-0.25, -0.2) is 5.43 Å². The molecule has 2 N–H and O–H groups in total. The molecule has 1 heterocycles. The van der Waals surface area contributed by atoms with Crippen LogP contribution in [0.1, 0.15) is 18.9 Å². The van der Waals surface area contributed by atoms with Gasteiger partial charge < -0.3 is 19.5 Å². The van der Waals surface area contributed by atoms with Crippen LogP contribution in [0, 0.1) is 0 Å². The first-order valence-corrected chi connectivity index (χ1v) is 8.68. The van der Waals surface area contributed by atoms with Gasteiger partial charge in [-0.15, -0.1) is 0 Å². The zero-order valence-corrected chi connectivity index (χ0v) is 15.7. The number of hydrazone groups is 1. The van der Waals surface area contributed by atoms with Crippen LogP contribution in [0.4, 0.5) is 5.69 Å². The van der Waals surface area contributed by atoms with Crippen LogP contribution in [0.3, 0.4) is 0 Å². The molecule has 0 atom stereocenters. The van der Waals surface area contributed by atoms with E-state index in [-0.39, 0.29) is 31.4 Å². The standard InChI is InChI=1S/C20H21N3O5/c1-13(22-23-20(25)10-14-3-6-16(26-2)7-4-14)9-19(24)21-15-5-8-17-18(11-15)28-12-27-17/h3-8,11H,9-10,12H2,1-2H3,(H,21,24)(H,23,25)/b22-13+. The van der Waals surface area contributed by atoms with Crippen molar-refractivity contribution in [3.63, 3.8) is 0 Å². The Morgan fingerprint density at radius 1 is 1.07 bits per heavy atom. The van der Waals surface area contributed by atoms with E-state index >= 15 is 0 Å². The van der Waals surface area contributed by atoms with Gasteiger partial charge in [-0.05, 0) is 36.8 Å². The first-order chi connectivity index (χ1) is 13.5. The van der Waals surface area contributed by atoms with Crippen LogP contribution in [-0.4, -0.2) is 31.4 Å². The average molecular weight is 383 g/mol. The highest BCUT2D eigenvalue weighted by atomic mass is 16.7. The van der Waals surface area contributed by atoms with Crippen LogP contribution in [0.25, 0.3) is 0 Å². The Morgan fingerprint density at radius 2 is 1.82 bits per heavy atom. The van der Waals surface area contributed by atoms with E-state index < -0.39 is 0 Å². The molecular formula is C20H21N3O5. The highest BCUT2D eigenvalue weighted by Crippen LogP contribution is 2.34.